The molecule has 2 aromatic rings. The Morgan fingerprint density at radius 2 is 2.11 bits per heavy atom. The third-order valence-corrected chi connectivity index (χ3v) is 4.16. The molecule has 0 aliphatic carbocycles. The number of hydrogen-bond donors (Lipinski definition) is 2. The van der Waals surface area contributed by atoms with Crippen molar-refractivity contribution in [2.24, 2.45) is 0 Å². The first kappa shape index (κ1) is 14.1. The summed E-state index contributed by atoms with van der Waals surface area (Å²) in [7, 11) is 0. The van der Waals surface area contributed by atoms with Crippen LogP contribution in [0.4, 0.5) is 11.4 Å². The van der Waals surface area contributed by atoms with Gasteiger partial charge in [0.2, 0.25) is 0 Å². The van der Waals surface area contributed by atoms with Gasteiger partial charge in [-0.25, -0.2) is 4.98 Å². The zero-order chi connectivity index (χ0) is 13.8. The van der Waals surface area contributed by atoms with Crippen LogP contribution in [-0.2, 0) is 0 Å². The molecule has 0 bridgehead atoms. The average molecular weight is 278 g/mol. The molecular formula is C14H22N4S. The zero-order valence-corrected chi connectivity index (χ0v) is 12.6. The third kappa shape index (κ3) is 3.16. The molecule has 4 nitrogen and oxygen atoms in total. The number of likely N-dealkylation sites (N-methyl/N-ethyl adjacent to an activating group) is 1. The number of rotatable bonds is 6. The molecule has 19 heavy (non-hydrogen) atoms. The van der Waals surface area contributed by atoms with Gasteiger partial charge >= 0.3 is 0 Å². The highest BCUT2D eigenvalue weighted by atomic mass is 32.1. The van der Waals surface area contributed by atoms with Crippen molar-refractivity contribution < 1.29 is 0 Å². The fraction of sp³-hybridized carbons (Fsp3) is 0.500. The fourth-order valence-electron chi connectivity index (χ4n) is 2.26. The Balaban J connectivity index is 2.10. The van der Waals surface area contributed by atoms with Gasteiger partial charge in [-0.05, 0) is 32.1 Å². The highest BCUT2D eigenvalue weighted by Gasteiger charge is 2.11. The normalized spacial score (nSPS) is 13.1. The maximum absolute atomic E-state index is 6.18. The van der Waals surface area contributed by atoms with E-state index in [1.54, 1.807) is 11.3 Å². The van der Waals surface area contributed by atoms with Gasteiger partial charge in [-0.2, -0.15) is 0 Å². The molecule has 0 amide bonds. The predicted molar refractivity (Wildman–Crippen MR) is 84.9 cm³/mol. The molecule has 0 saturated carbocycles. The molecule has 1 atom stereocenters. The van der Waals surface area contributed by atoms with Crippen molar-refractivity contribution in [1.82, 2.24) is 9.88 Å². The Hall–Kier alpha value is -1.33. The van der Waals surface area contributed by atoms with Gasteiger partial charge in [-0.1, -0.05) is 13.8 Å². The molecule has 5 heteroatoms. The second-order valence-corrected chi connectivity index (χ2v) is 5.64. The lowest BCUT2D eigenvalue weighted by molar-refractivity contribution is 0.295. The summed E-state index contributed by atoms with van der Waals surface area (Å²) in [5.74, 6) is 0. The van der Waals surface area contributed by atoms with E-state index in [2.05, 4.69) is 48.1 Å². The van der Waals surface area contributed by atoms with E-state index in [4.69, 9.17) is 5.73 Å². The standard InChI is InChI=1S/C14H22N4S/c1-4-18(5-2)8-10(3)17-11-6-7-12-14(13(11)15)16-9-19-12/h6-7,9-10,17H,4-5,8,15H2,1-3H3. The van der Waals surface area contributed by atoms with Crippen molar-refractivity contribution in [3.8, 4) is 0 Å². The van der Waals surface area contributed by atoms with Crippen molar-refractivity contribution in [3.05, 3.63) is 17.6 Å². The van der Waals surface area contributed by atoms with Gasteiger partial charge in [0.25, 0.3) is 0 Å². The van der Waals surface area contributed by atoms with Crippen molar-refractivity contribution in [1.29, 1.82) is 0 Å². The number of thiazole rings is 1. The van der Waals surface area contributed by atoms with Crippen LogP contribution in [0.15, 0.2) is 17.6 Å². The largest absolute Gasteiger partial charge is 0.395 e. The topological polar surface area (TPSA) is 54.2 Å². The summed E-state index contributed by atoms with van der Waals surface area (Å²) in [4.78, 5) is 6.72. The number of hydrogen-bond acceptors (Lipinski definition) is 5. The highest BCUT2D eigenvalue weighted by molar-refractivity contribution is 7.16. The summed E-state index contributed by atoms with van der Waals surface area (Å²) in [6.45, 7) is 9.72. The van der Waals surface area contributed by atoms with Gasteiger partial charge in [0, 0.05) is 12.6 Å². The maximum Gasteiger partial charge on any atom is 0.106 e. The minimum Gasteiger partial charge on any atom is -0.395 e. The zero-order valence-electron chi connectivity index (χ0n) is 11.8. The number of nitrogens with zero attached hydrogens (tertiary/aromatic N) is 2. The highest BCUT2D eigenvalue weighted by Crippen LogP contribution is 2.30. The van der Waals surface area contributed by atoms with Crippen LogP contribution in [-0.4, -0.2) is 35.6 Å². The van der Waals surface area contributed by atoms with Crippen LogP contribution < -0.4 is 11.1 Å². The minimum absolute atomic E-state index is 0.360. The number of nitrogen functional groups attached to an aromatic ring is 1. The van der Waals surface area contributed by atoms with Crippen LogP contribution in [0.1, 0.15) is 20.8 Å². The van der Waals surface area contributed by atoms with Gasteiger partial charge in [-0.15, -0.1) is 11.3 Å². The van der Waals surface area contributed by atoms with E-state index in [1.807, 2.05) is 5.51 Å². The molecule has 0 fully saturated rings. The number of anilines is 2. The summed E-state index contributed by atoms with van der Waals surface area (Å²) in [5.41, 5.74) is 10.7. The molecular weight excluding hydrogens is 256 g/mol. The summed E-state index contributed by atoms with van der Waals surface area (Å²) in [5, 5.41) is 3.49. The lowest BCUT2D eigenvalue weighted by Crippen LogP contribution is -2.34. The molecule has 0 aliphatic heterocycles. The third-order valence-electron chi connectivity index (χ3n) is 3.37. The van der Waals surface area contributed by atoms with E-state index in [0.717, 1.165) is 41.2 Å². The Labute approximate surface area is 118 Å². The smallest absolute Gasteiger partial charge is 0.106 e. The molecule has 0 spiro atoms. The Morgan fingerprint density at radius 1 is 1.37 bits per heavy atom. The van der Waals surface area contributed by atoms with E-state index in [1.165, 1.54) is 0 Å². The van der Waals surface area contributed by atoms with E-state index in [-0.39, 0.29) is 0 Å². The molecule has 104 valence electrons. The molecule has 0 aliphatic rings. The first-order chi connectivity index (χ1) is 9.15. The second kappa shape index (κ2) is 6.21. The summed E-state index contributed by atoms with van der Waals surface area (Å²) >= 11 is 1.62. The van der Waals surface area contributed by atoms with Crippen molar-refractivity contribution in [2.75, 3.05) is 30.7 Å². The lowest BCUT2D eigenvalue weighted by atomic mass is 10.2. The SMILES string of the molecule is CCN(CC)CC(C)Nc1ccc2scnc2c1N. The van der Waals surface area contributed by atoms with Gasteiger partial charge in [0.1, 0.15) is 5.52 Å². The predicted octanol–water partition coefficient (Wildman–Crippen LogP) is 3.02. The quantitative estimate of drug-likeness (QED) is 0.798. The maximum atomic E-state index is 6.18. The molecule has 1 aromatic carbocycles. The van der Waals surface area contributed by atoms with Crippen LogP contribution in [0, 0.1) is 0 Å². The number of nitrogens with two attached hydrogens (primary N) is 1. The van der Waals surface area contributed by atoms with Gasteiger partial charge < -0.3 is 16.0 Å². The van der Waals surface area contributed by atoms with Crippen LogP contribution in [0.5, 0.6) is 0 Å². The van der Waals surface area contributed by atoms with Gasteiger partial charge in [-0.3, -0.25) is 0 Å². The molecule has 1 heterocycles. The summed E-state index contributed by atoms with van der Waals surface area (Å²) in [6.07, 6.45) is 0. The summed E-state index contributed by atoms with van der Waals surface area (Å²) in [6, 6.07) is 4.49. The monoisotopic (exact) mass is 278 g/mol. The average Bonchev–Trinajstić information content (AvgIpc) is 2.88. The Bertz CT molecular complexity index is 533. The van der Waals surface area contributed by atoms with Gasteiger partial charge in [0.05, 0.1) is 21.6 Å². The molecule has 1 aromatic heterocycles. The van der Waals surface area contributed by atoms with Crippen molar-refractivity contribution in [2.45, 2.75) is 26.8 Å². The number of fused-ring (bicyclic) bond motifs is 1. The van der Waals surface area contributed by atoms with E-state index >= 15 is 0 Å². The second-order valence-electron chi connectivity index (χ2n) is 4.76. The first-order valence-electron chi connectivity index (χ1n) is 6.76. The van der Waals surface area contributed by atoms with E-state index < -0.39 is 0 Å². The molecule has 0 radical (unpaired) electrons. The van der Waals surface area contributed by atoms with Crippen molar-refractivity contribution in [3.63, 3.8) is 0 Å². The van der Waals surface area contributed by atoms with Crippen molar-refractivity contribution >= 4 is 32.9 Å². The van der Waals surface area contributed by atoms with Crippen LogP contribution >= 0.6 is 11.3 Å². The van der Waals surface area contributed by atoms with Crippen LogP contribution in [0.3, 0.4) is 0 Å². The first-order valence-corrected chi connectivity index (χ1v) is 7.64. The molecule has 2 rings (SSSR count). The van der Waals surface area contributed by atoms with E-state index in [9.17, 15) is 0 Å². The molecule has 0 saturated heterocycles. The number of aromatic nitrogens is 1. The number of nitrogens with one attached hydrogen (secondary N) is 1. The Kier molecular flexibility index (Phi) is 4.61. The fourth-order valence-corrected chi connectivity index (χ4v) is 2.95. The molecule has 3 N–H and O–H groups in total. The van der Waals surface area contributed by atoms with Crippen LogP contribution in [0.25, 0.3) is 10.2 Å². The Morgan fingerprint density at radius 3 is 2.79 bits per heavy atom. The number of benzene rings is 1. The van der Waals surface area contributed by atoms with E-state index in [0.29, 0.717) is 6.04 Å². The minimum atomic E-state index is 0.360. The van der Waals surface area contributed by atoms with Crippen LogP contribution in [0.2, 0.25) is 0 Å². The summed E-state index contributed by atoms with van der Waals surface area (Å²) < 4.78 is 1.14. The molecule has 1 unspecified atom stereocenters. The lowest BCUT2D eigenvalue weighted by Gasteiger charge is -2.24. The van der Waals surface area contributed by atoms with Gasteiger partial charge in [0.15, 0.2) is 0 Å².